The molecule has 0 amide bonds. The first-order valence-electron chi connectivity index (χ1n) is 9.68. The molecule has 0 radical (unpaired) electrons. The van der Waals surface area contributed by atoms with E-state index in [0.29, 0.717) is 10.9 Å². The Labute approximate surface area is 170 Å². The van der Waals surface area contributed by atoms with Crippen LogP contribution in [0.1, 0.15) is 16.7 Å². The largest absolute Gasteiger partial charge is 0.416 e. The Hall–Kier alpha value is -2.78. The molecule has 1 aliphatic rings. The van der Waals surface area contributed by atoms with Crippen molar-refractivity contribution in [1.29, 1.82) is 0 Å². The number of morpholine rings is 1. The van der Waals surface area contributed by atoms with Gasteiger partial charge in [0.1, 0.15) is 5.69 Å². The first-order valence-corrected chi connectivity index (χ1v) is 9.68. The quantitative estimate of drug-likeness (QED) is 0.705. The van der Waals surface area contributed by atoms with Gasteiger partial charge in [-0.2, -0.15) is 13.2 Å². The van der Waals surface area contributed by atoms with Crippen molar-refractivity contribution in [3.05, 3.63) is 57.5 Å². The summed E-state index contributed by atoms with van der Waals surface area (Å²) in [6.45, 7) is 5.95. The Kier molecular flexibility index (Phi) is 5.57. The molecule has 3 heterocycles. The number of H-pyrrole nitrogens is 1. The number of fused-ring (bicyclic) bond motifs is 1. The van der Waals surface area contributed by atoms with Crippen LogP contribution in [-0.2, 0) is 17.3 Å². The van der Waals surface area contributed by atoms with E-state index >= 15 is 0 Å². The monoisotopic (exact) mass is 418 g/mol. The fourth-order valence-corrected chi connectivity index (χ4v) is 3.60. The summed E-state index contributed by atoms with van der Waals surface area (Å²) in [5, 5.41) is 0.419. The predicted molar refractivity (Wildman–Crippen MR) is 106 cm³/mol. The van der Waals surface area contributed by atoms with E-state index in [9.17, 15) is 18.0 Å². The molecule has 9 heteroatoms. The Balaban J connectivity index is 1.66. The molecule has 1 N–H and O–H groups in total. The van der Waals surface area contributed by atoms with Gasteiger partial charge in [-0.15, -0.1) is 0 Å². The molecular weight excluding hydrogens is 397 g/mol. The average Bonchev–Trinajstić information content (AvgIpc) is 2.73. The number of ether oxygens (including phenoxy) is 1. The minimum absolute atomic E-state index is 0.0165. The van der Waals surface area contributed by atoms with Gasteiger partial charge in [0.2, 0.25) is 0 Å². The topological polar surface area (TPSA) is 71.1 Å². The number of halogens is 3. The van der Waals surface area contributed by atoms with Crippen LogP contribution in [0.2, 0.25) is 0 Å². The summed E-state index contributed by atoms with van der Waals surface area (Å²) in [7, 11) is 0. The second-order valence-corrected chi connectivity index (χ2v) is 7.35. The van der Waals surface area contributed by atoms with Gasteiger partial charge in [0.15, 0.2) is 5.82 Å². The lowest BCUT2D eigenvalue weighted by atomic mass is 10.0. The Bertz CT molecular complexity index is 1120. The van der Waals surface area contributed by atoms with Crippen molar-refractivity contribution in [3.8, 4) is 11.5 Å². The second kappa shape index (κ2) is 8.16. The number of hydrogen-bond acceptors (Lipinski definition) is 5. The van der Waals surface area contributed by atoms with Crippen LogP contribution < -0.4 is 5.56 Å². The Morgan fingerprint density at radius 3 is 2.70 bits per heavy atom. The smallest absolute Gasteiger partial charge is 0.379 e. The lowest BCUT2D eigenvalue weighted by Crippen LogP contribution is -2.37. The fraction of sp³-hybridized carbons (Fsp3) is 0.381. The Morgan fingerprint density at radius 2 is 1.97 bits per heavy atom. The predicted octanol–water partition coefficient (Wildman–Crippen LogP) is 3.19. The maximum atomic E-state index is 13.0. The summed E-state index contributed by atoms with van der Waals surface area (Å²) >= 11 is 0. The molecule has 30 heavy (non-hydrogen) atoms. The summed E-state index contributed by atoms with van der Waals surface area (Å²) in [5.74, 6) is 0.0165. The van der Waals surface area contributed by atoms with Crippen LogP contribution in [0.25, 0.3) is 22.4 Å². The van der Waals surface area contributed by atoms with Crippen LogP contribution in [-0.4, -0.2) is 52.7 Å². The van der Waals surface area contributed by atoms with Crippen molar-refractivity contribution >= 4 is 10.9 Å². The number of nitrogens with zero attached hydrogens (tertiary/aromatic N) is 3. The van der Waals surface area contributed by atoms with Crippen molar-refractivity contribution < 1.29 is 17.9 Å². The summed E-state index contributed by atoms with van der Waals surface area (Å²) in [4.78, 5) is 25.9. The number of benzene rings is 1. The lowest BCUT2D eigenvalue weighted by molar-refractivity contribution is -0.137. The van der Waals surface area contributed by atoms with Crippen molar-refractivity contribution in [3.63, 3.8) is 0 Å². The standard InChI is InChI=1S/C21H21F3N4O2/c1-13-10-14(3-5-28-6-8-30-9-7-28)11-16-18(13)26-19(27-20(16)29)17-12-15(2-4-25-17)21(22,23)24/h2,4,10-12H,3,5-9H2,1H3,(H,26,27,29). The number of nitrogens with one attached hydrogen (secondary N) is 1. The van der Waals surface area contributed by atoms with E-state index in [-0.39, 0.29) is 11.5 Å². The van der Waals surface area contributed by atoms with Crippen LogP contribution in [0, 0.1) is 6.92 Å². The molecule has 0 bridgehead atoms. The minimum Gasteiger partial charge on any atom is -0.379 e. The molecule has 0 saturated carbocycles. The highest BCUT2D eigenvalue weighted by atomic mass is 19.4. The van der Waals surface area contributed by atoms with Gasteiger partial charge in [-0.25, -0.2) is 4.98 Å². The molecule has 3 aromatic rings. The molecule has 4 rings (SSSR count). The molecule has 1 saturated heterocycles. The number of alkyl halides is 3. The molecule has 0 unspecified atom stereocenters. The lowest BCUT2D eigenvalue weighted by Gasteiger charge is -2.26. The van der Waals surface area contributed by atoms with Crippen LogP contribution in [0.3, 0.4) is 0 Å². The molecule has 0 spiro atoms. The third-order valence-corrected chi connectivity index (χ3v) is 5.21. The van der Waals surface area contributed by atoms with E-state index in [0.717, 1.165) is 68.7 Å². The van der Waals surface area contributed by atoms with E-state index in [1.54, 1.807) is 6.07 Å². The van der Waals surface area contributed by atoms with E-state index in [2.05, 4.69) is 19.9 Å². The molecule has 0 aliphatic carbocycles. The first-order chi connectivity index (χ1) is 14.3. The van der Waals surface area contributed by atoms with Crippen molar-refractivity contribution in [2.45, 2.75) is 19.5 Å². The number of pyridine rings is 1. The average molecular weight is 418 g/mol. The first kappa shape index (κ1) is 20.5. The third kappa shape index (κ3) is 4.36. The number of aromatic amines is 1. The van der Waals surface area contributed by atoms with Gasteiger partial charge >= 0.3 is 6.18 Å². The third-order valence-electron chi connectivity index (χ3n) is 5.21. The van der Waals surface area contributed by atoms with Crippen molar-refractivity contribution in [2.75, 3.05) is 32.8 Å². The van der Waals surface area contributed by atoms with Gasteiger partial charge in [-0.3, -0.25) is 14.7 Å². The zero-order valence-electron chi connectivity index (χ0n) is 16.4. The van der Waals surface area contributed by atoms with Gasteiger partial charge in [0.05, 0.1) is 29.7 Å². The number of hydrogen-bond donors (Lipinski definition) is 1. The van der Waals surface area contributed by atoms with Crippen LogP contribution in [0.4, 0.5) is 13.2 Å². The maximum Gasteiger partial charge on any atom is 0.416 e. The fourth-order valence-electron chi connectivity index (χ4n) is 3.60. The van der Waals surface area contributed by atoms with Crippen molar-refractivity contribution in [1.82, 2.24) is 19.9 Å². The SMILES string of the molecule is Cc1cc(CCN2CCOCC2)cc2c(=O)[nH]c(-c3cc(C(F)(F)F)ccn3)nc12. The summed E-state index contributed by atoms with van der Waals surface area (Å²) in [6.07, 6.45) is -2.66. The molecule has 6 nitrogen and oxygen atoms in total. The number of aromatic nitrogens is 3. The number of rotatable bonds is 4. The van der Waals surface area contributed by atoms with Gasteiger partial charge in [-0.05, 0) is 42.7 Å². The highest BCUT2D eigenvalue weighted by Crippen LogP contribution is 2.30. The van der Waals surface area contributed by atoms with Crippen LogP contribution in [0.15, 0.2) is 35.3 Å². The van der Waals surface area contributed by atoms with Crippen LogP contribution in [0.5, 0.6) is 0 Å². The zero-order valence-corrected chi connectivity index (χ0v) is 16.4. The van der Waals surface area contributed by atoms with E-state index in [1.807, 2.05) is 13.0 Å². The van der Waals surface area contributed by atoms with Gasteiger partial charge in [0.25, 0.3) is 5.56 Å². The van der Waals surface area contributed by atoms with Crippen molar-refractivity contribution in [2.24, 2.45) is 0 Å². The number of aryl methyl sites for hydroxylation is 1. The zero-order chi connectivity index (χ0) is 21.3. The van der Waals surface area contributed by atoms with Gasteiger partial charge < -0.3 is 9.72 Å². The Morgan fingerprint density at radius 1 is 1.20 bits per heavy atom. The molecule has 2 aromatic heterocycles. The molecule has 1 aromatic carbocycles. The highest BCUT2D eigenvalue weighted by molar-refractivity contribution is 5.83. The summed E-state index contributed by atoms with van der Waals surface area (Å²) in [6, 6.07) is 5.54. The van der Waals surface area contributed by atoms with Gasteiger partial charge in [0, 0.05) is 25.8 Å². The summed E-state index contributed by atoms with van der Waals surface area (Å²) in [5.41, 5.74) is 1.01. The molecule has 0 atom stereocenters. The maximum absolute atomic E-state index is 13.0. The van der Waals surface area contributed by atoms with Gasteiger partial charge in [-0.1, -0.05) is 6.07 Å². The molecule has 1 fully saturated rings. The minimum atomic E-state index is -4.50. The highest BCUT2D eigenvalue weighted by Gasteiger charge is 2.31. The normalized spacial score (nSPS) is 15.6. The van der Waals surface area contributed by atoms with E-state index < -0.39 is 17.3 Å². The second-order valence-electron chi connectivity index (χ2n) is 7.35. The van der Waals surface area contributed by atoms with E-state index in [4.69, 9.17) is 4.74 Å². The van der Waals surface area contributed by atoms with E-state index in [1.165, 1.54) is 0 Å². The molecule has 1 aliphatic heterocycles. The molecular formula is C21H21F3N4O2. The molecule has 158 valence electrons. The van der Waals surface area contributed by atoms with Crippen LogP contribution >= 0.6 is 0 Å². The summed E-state index contributed by atoms with van der Waals surface area (Å²) < 4.78 is 44.4.